The number of alkyl halides is 3. The van der Waals surface area contributed by atoms with Gasteiger partial charge in [0.1, 0.15) is 18.3 Å². The fourth-order valence-electron chi connectivity index (χ4n) is 5.61. The molecule has 37 heavy (non-hydrogen) atoms. The summed E-state index contributed by atoms with van der Waals surface area (Å²) in [5, 5.41) is 18.4. The number of carbonyl (C=O) groups is 1. The van der Waals surface area contributed by atoms with Gasteiger partial charge in [-0.25, -0.2) is 27.1 Å². The quantitative estimate of drug-likeness (QED) is 0.470. The van der Waals surface area contributed by atoms with Crippen molar-refractivity contribution in [3.63, 3.8) is 0 Å². The Morgan fingerprint density at radius 1 is 1.22 bits per heavy atom. The third-order valence-electron chi connectivity index (χ3n) is 7.71. The van der Waals surface area contributed by atoms with Crippen LogP contribution in [-0.4, -0.2) is 55.8 Å². The van der Waals surface area contributed by atoms with Crippen LogP contribution in [0.3, 0.4) is 0 Å². The van der Waals surface area contributed by atoms with Gasteiger partial charge in [0.25, 0.3) is 12.3 Å². The molecule has 0 radical (unpaired) electrons. The highest BCUT2D eigenvalue weighted by molar-refractivity contribution is 5.95. The predicted molar refractivity (Wildman–Crippen MR) is 127 cm³/mol. The molecule has 2 fully saturated rings. The minimum absolute atomic E-state index is 0.0532. The zero-order valence-electron chi connectivity index (χ0n) is 20.4. The van der Waals surface area contributed by atoms with Gasteiger partial charge in [0, 0.05) is 36.5 Å². The first kappa shape index (κ1) is 25.6. The van der Waals surface area contributed by atoms with E-state index in [-0.39, 0.29) is 17.2 Å². The molecule has 7 nitrogen and oxygen atoms in total. The molecule has 3 heterocycles. The summed E-state index contributed by atoms with van der Waals surface area (Å²) >= 11 is 0. The van der Waals surface area contributed by atoms with Crippen LogP contribution in [0.1, 0.15) is 78.5 Å². The Kier molecular flexibility index (Phi) is 6.93. The first-order valence-corrected chi connectivity index (χ1v) is 12.5. The van der Waals surface area contributed by atoms with Crippen molar-refractivity contribution in [2.45, 2.75) is 69.3 Å². The fourth-order valence-corrected chi connectivity index (χ4v) is 5.61. The lowest BCUT2D eigenvalue weighted by molar-refractivity contribution is -0.0219. The molecule has 1 saturated carbocycles. The number of likely N-dealkylation sites (tertiary alicyclic amines) is 1. The number of nitrogens with zero attached hydrogens (tertiary/aromatic N) is 4. The van der Waals surface area contributed by atoms with E-state index in [1.54, 1.807) is 6.07 Å². The van der Waals surface area contributed by atoms with Crippen LogP contribution in [0.25, 0.3) is 5.65 Å². The number of aromatic nitrogens is 3. The standard InChI is InChI=1S/C26H29F4N5O2/c1-15(19-3-2-4-20(22(19)28)23(29)30)33-25(36)16-11-21(24-31-14-32-35(24)12-16)26(37)8-5-18(6-9-26)34-10-7-17(27)13-34/h2-4,11-12,14-15,17-18,23,37H,5-10,13H2,1H3,(H,33,36)/t15-,17-,18?,26?/m1/s1. The number of pyridine rings is 1. The maximum Gasteiger partial charge on any atom is 0.266 e. The number of carbonyl (C=O) groups excluding carboxylic acids is 1. The number of aliphatic hydroxyl groups is 1. The highest BCUT2D eigenvalue weighted by atomic mass is 19.3. The Bertz CT molecular complexity index is 1290. The van der Waals surface area contributed by atoms with Crippen LogP contribution in [0.2, 0.25) is 0 Å². The number of hydrogen-bond donors (Lipinski definition) is 2. The molecule has 5 rings (SSSR count). The minimum Gasteiger partial charge on any atom is -0.385 e. The van der Waals surface area contributed by atoms with Crippen molar-refractivity contribution in [3.05, 3.63) is 64.9 Å². The van der Waals surface area contributed by atoms with Gasteiger partial charge in [-0.05, 0) is 45.1 Å². The second-order valence-corrected chi connectivity index (χ2v) is 10.1. The molecule has 3 aromatic rings. The van der Waals surface area contributed by atoms with Crippen molar-refractivity contribution in [3.8, 4) is 0 Å². The van der Waals surface area contributed by atoms with Crippen LogP contribution in [0.15, 0.2) is 36.8 Å². The van der Waals surface area contributed by atoms with Crippen molar-refractivity contribution in [2.75, 3.05) is 13.1 Å². The molecule has 0 spiro atoms. The first-order valence-electron chi connectivity index (χ1n) is 12.5. The Hall–Kier alpha value is -3.05. The van der Waals surface area contributed by atoms with Gasteiger partial charge in [0.2, 0.25) is 0 Å². The molecule has 2 aromatic heterocycles. The molecule has 11 heteroatoms. The van der Waals surface area contributed by atoms with Gasteiger partial charge in [-0.3, -0.25) is 9.69 Å². The number of hydrogen-bond acceptors (Lipinski definition) is 5. The van der Waals surface area contributed by atoms with E-state index < -0.39 is 41.5 Å². The number of fused-ring (bicyclic) bond motifs is 1. The van der Waals surface area contributed by atoms with Crippen LogP contribution < -0.4 is 5.32 Å². The van der Waals surface area contributed by atoms with Crippen molar-refractivity contribution in [1.29, 1.82) is 0 Å². The van der Waals surface area contributed by atoms with Gasteiger partial charge in [-0.2, -0.15) is 5.10 Å². The average molecular weight is 520 g/mol. The normalized spacial score (nSPS) is 25.6. The molecule has 0 unspecified atom stereocenters. The smallest absolute Gasteiger partial charge is 0.266 e. The Labute approximate surface area is 211 Å². The van der Waals surface area contributed by atoms with E-state index >= 15 is 0 Å². The van der Waals surface area contributed by atoms with E-state index in [0.717, 1.165) is 6.07 Å². The summed E-state index contributed by atoms with van der Waals surface area (Å²) in [6.07, 6.45) is 1.73. The fraction of sp³-hybridized carbons (Fsp3) is 0.500. The van der Waals surface area contributed by atoms with E-state index in [9.17, 15) is 27.5 Å². The molecular formula is C26H29F4N5O2. The summed E-state index contributed by atoms with van der Waals surface area (Å²) in [4.78, 5) is 19.6. The van der Waals surface area contributed by atoms with E-state index in [1.807, 2.05) is 0 Å². The highest BCUT2D eigenvalue weighted by Crippen LogP contribution is 2.41. The van der Waals surface area contributed by atoms with Crippen molar-refractivity contribution < 1.29 is 27.5 Å². The Morgan fingerprint density at radius 2 is 1.95 bits per heavy atom. The summed E-state index contributed by atoms with van der Waals surface area (Å²) in [7, 11) is 0. The summed E-state index contributed by atoms with van der Waals surface area (Å²) in [5.41, 5.74) is -0.980. The van der Waals surface area contributed by atoms with Gasteiger partial charge in [-0.15, -0.1) is 0 Å². The van der Waals surface area contributed by atoms with Gasteiger partial charge < -0.3 is 10.4 Å². The molecule has 198 valence electrons. The SMILES string of the molecule is C[C@@H](NC(=O)c1cc(C2(O)CCC(N3CC[C@@H](F)C3)CC2)c2ncnn2c1)c1cccc(C(F)F)c1F. The van der Waals surface area contributed by atoms with Gasteiger partial charge in [-0.1, -0.05) is 18.2 Å². The minimum atomic E-state index is -2.97. The summed E-state index contributed by atoms with van der Waals surface area (Å²) in [5.74, 6) is -1.63. The lowest BCUT2D eigenvalue weighted by Crippen LogP contribution is -2.42. The molecule has 2 N–H and O–H groups in total. The van der Waals surface area contributed by atoms with Crippen LogP contribution in [0.5, 0.6) is 0 Å². The topological polar surface area (TPSA) is 82.8 Å². The van der Waals surface area contributed by atoms with E-state index in [4.69, 9.17) is 0 Å². The second kappa shape index (κ2) is 10.0. The number of halogens is 4. The molecular weight excluding hydrogens is 490 g/mol. The summed E-state index contributed by atoms with van der Waals surface area (Å²) in [6.45, 7) is 2.65. The first-order chi connectivity index (χ1) is 17.7. The van der Waals surface area contributed by atoms with Crippen molar-refractivity contribution in [2.24, 2.45) is 0 Å². The third-order valence-corrected chi connectivity index (χ3v) is 7.71. The highest BCUT2D eigenvalue weighted by Gasteiger charge is 2.40. The van der Waals surface area contributed by atoms with Crippen molar-refractivity contribution >= 4 is 11.6 Å². The average Bonchev–Trinajstić information content (AvgIpc) is 3.52. The largest absolute Gasteiger partial charge is 0.385 e. The maximum absolute atomic E-state index is 14.6. The monoisotopic (exact) mass is 519 g/mol. The van der Waals surface area contributed by atoms with E-state index in [2.05, 4.69) is 20.3 Å². The van der Waals surface area contributed by atoms with Gasteiger partial charge in [0.05, 0.1) is 22.8 Å². The lowest BCUT2D eigenvalue weighted by atomic mass is 9.77. The number of nitrogens with one attached hydrogen (secondary N) is 1. The number of amides is 1. The molecule has 1 aliphatic heterocycles. The summed E-state index contributed by atoms with van der Waals surface area (Å²) in [6, 6.07) is 4.55. The lowest BCUT2D eigenvalue weighted by Gasteiger charge is -2.39. The number of benzene rings is 1. The van der Waals surface area contributed by atoms with Gasteiger partial charge in [0.15, 0.2) is 5.65 Å². The number of rotatable bonds is 6. The zero-order chi connectivity index (χ0) is 26.3. The molecule has 1 amide bonds. The van der Waals surface area contributed by atoms with Crippen LogP contribution in [0, 0.1) is 5.82 Å². The van der Waals surface area contributed by atoms with E-state index in [0.29, 0.717) is 56.4 Å². The van der Waals surface area contributed by atoms with Crippen LogP contribution in [0.4, 0.5) is 17.6 Å². The van der Waals surface area contributed by atoms with Crippen molar-refractivity contribution in [1.82, 2.24) is 24.8 Å². The molecule has 0 bridgehead atoms. The molecule has 2 aliphatic rings. The molecule has 2 atom stereocenters. The Morgan fingerprint density at radius 3 is 2.62 bits per heavy atom. The second-order valence-electron chi connectivity index (χ2n) is 10.1. The molecule has 1 aromatic carbocycles. The van der Waals surface area contributed by atoms with E-state index in [1.165, 1.54) is 36.1 Å². The molecule has 1 saturated heterocycles. The third kappa shape index (κ3) is 4.94. The van der Waals surface area contributed by atoms with Crippen LogP contribution in [-0.2, 0) is 5.60 Å². The van der Waals surface area contributed by atoms with Gasteiger partial charge >= 0.3 is 0 Å². The van der Waals surface area contributed by atoms with Crippen LogP contribution >= 0.6 is 0 Å². The zero-order valence-corrected chi connectivity index (χ0v) is 20.4. The molecule has 1 aliphatic carbocycles. The summed E-state index contributed by atoms with van der Waals surface area (Å²) < 4.78 is 55.9. The predicted octanol–water partition coefficient (Wildman–Crippen LogP) is 4.47. The maximum atomic E-state index is 14.6. The Balaban J connectivity index is 1.37.